The molecule has 1 heterocycles. The average Bonchev–Trinajstić information content (AvgIpc) is 2.82. The standard InChI is InChI=1S/C15H22FN3O2/c1-11(2)18-10-12-7-13(16)9-14(8-12)21-6-5-19-4-3-17-15(19)20/h7-9,11,18H,3-6,10H2,1-2H3,(H,17,20). The lowest BCUT2D eigenvalue weighted by molar-refractivity contribution is 0.202. The van der Waals surface area contributed by atoms with Crippen LogP contribution in [0.2, 0.25) is 0 Å². The van der Waals surface area contributed by atoms with Crippen molar-refractivity contribution in [1.82, 2.24) is 15.5 Å². The highest BCUT2D eigenvalue weighted by atomic mass is 19.1. The van der Waals surface area contributed by atoms with Gasteiger partial charge in [0.15, 0.2) is 0 Å². The first-order chi connectivity index (χ1) is 10.0. The lowest BCUT2D eigenvalue weighted by Crippen LogP contribution is -2.31. The Bertz CT molecular complexity index is 494. The van der Waals surface area contributed by atoms with Crippen LogP contribution < -0.4 is 15.4 Å². The van der Waals surface area contributed by atoms with E-state index in [1.54, 1.807) is 4.90 Å². The molecule has 5 nitrogen and oxygen atoms in total. The number of rotatable bonds is 7. The summed E-state index contributed by atoms with van der Waals surface area (Å²) in [6.45, 7) is 6.89. The quantitative estimate of drug-likeness (QED) is 0.805. The summed E-state index contributed by atoms with van der Waals surface area (Å²) in [4.78, 5) is 13.0. The fraction of sp³-hybridized carbons (Fsp3) is 0.533. The Hall–Kier alpha value is -1.82. The summed E-state index contributed by atoms with van der Waals surface area (Å²) in [5.74, 6) is 0.183. The molecule has 21 heavy (non-hydrogen) atoms. The average molecular weight is 295 g/mol. The van der Waals surface area contributed by atoms with E-state index in [0.717, 1.165) is 5.56 Å². The van der Waals surface area contributed by atoms with Crippen LogP contribution in [0.25, 0.3) is 0 Å². The molecule has 1 saturated heterocycles. The van der Waals surface area contributed by atoms with E-state index in [1.165, 1.54) is 12.1 Å². The van der Waals surface area contributed by atoms with Gasteiger partial charge >= 0.3 is 6.03 Å². The molecule has 0 saturated carbocycles. The van der Waals surface area contributed by atoms with Crippen molar-refractivity contribution in [2.75, 3.05) is 26.2 Å². The van der Waals surface area contributed by atoms with Crippen molar-refractivity contribution in [3.05, 3.63) is 29.6 Å². The number of carbonyl (C=O) groups excluding carboxylic acids is 1. The molecule has 0 bridgehead atoms. The molecule has 2 amide bonds. The molecule has 0 aromatic heterocycles. The smallest absolute Gasteiger partial charge is 0.317 e. The third-order valence-electron chi connectivity index (χ3n) is 3.22. The van der Waals surface area contributed by atoms with E-state index in [4.69, 9.17) is 4.74 Å². The maximum Gasteiger partial charge on any atom is 0.317 e. The third kappa shape index (κ3) is 4.90. The minimum absolute atomic E-state index is 0.0698. The zero-order valence-electron chi connectivity index (χ0n) is 12.5. The molecule has 0 radical (unpaired) electrons. The number of nitrogens with one attached hydrogen (secondary N) is 2. The zero-order chi connectivity index (χ0) is 15.2. The fourth-order valence-electron chi connectivity index (χ4n) is 2.13. The van der Waals surface area contributed by atoms with Gasteiger partial charge in [-0.25, -0.2) is 9.18 Å². The summed E-state index contributed by atoms with van der Waals surface area (Å²) in [5, 5.41) is 5.97. The molecular formula is C15H22FN3O2. The highest BCUT2D eigenvalue weighted by Gasteiger charge is 2.18. The van der Waals surface area contributed by atoms with Gasteiger partial charge in [-0.2, -0.15) is 0 Å². The Labute approximate surface area is 124 Å². The molecule has 2 N–H and O–H groups in total. The Morgan fingerprint density at radius 1 is 1.43 bits per heavy atom. The number of urea groups is 1. The number of halogens is 1. The molecule has 0 unspecified atom stereocenters. The van der Waals surface area contributed by atoms with Crippen molar-refractivity contribution in [3.8, 4) is 5.75 Å². The Kier molecular flexibility index (Phi) is 5.38. The lowest BCUT2D eigenvalue weighted by atomic mass is 10.2. The van der Waals surface area contributed by atoms with Crippen molar-refractivity contribution in [3.63, 3.8) is 0 Å². The summed E-state index contributed by atoms with van der Waals surface area (Å²) in [6.07, 6.45) is 0. The number of nitrogens with zero attached hydrogens (tertiary/aromatic N) is 1. The van der Waals surface area contributed by atoms with Crippen LogP contribution in [0.1, 0.15) is 19.4 Å². The van der Waals surface area contributed by atoms with Gasteiger partial charge in [-0.15, -0.1) is 0 Å². The minimum Gasteiger partial charge on any atom is -0.492 e. The topological polar surface area (TPSA) is 53.6 Å². The summed E-state index contributed by atoms with van der Waals surface area (Å²) in [5.41, 5.74) is 0.845. The summed E-state index contributed by atoms with van der Waals surface area (Å²) < 4.78 is 19.1. The van der Waals surface area contributed by atoms with Crippen LogP contribution in [0.15, 0.2) is 18.2 Å². The molecule has 1 fully saturated rings. The molecular weight excluding hydrogens is 273 g/mol. The first kappa shape index (κ1) is 15.6. The van der Waals surface area contributed by atoms with Crippen LogP contribution in [0.4, 0.5) is 9.18 Å². The third-order valence-corrected chi connectivity index (χ3v) is 3.22. The highest BCUT2D eigenvalue weighted by molar-refractivity contribution is 5.76. The molecule has 0 spiro atoms. The second-order valence-corrected chi connectivity index (χ2v) is 5.40. The van der Waals surface area contributed by atoms with Gasteiger partial charge in [0.25, 0.3) is 0 Å². The van der Waals surface area contributed by atoms with E-state index >= 15 is 0 Å². The molecule has 2 rings (SSSR count). The van der Waals surface area contributed by atoms with Crippen molar-refractivity contribution < 1.29 is 13.9 Å². The van der Waals surface area contributed by atoms with E-state index < -0.39 is 0 Å². The monoisotopic (exact) mass is 295 g/mol. The maximum atomic E-state index is 13.6. The predicted molar refractivity (Wildman–Crippen MR) is 78.8 cm³/mol. The zero-order valence-corrected chi connectivity index (χ0v) is 12.5. The van der Waals surface area contributed by atoms with Crippen LogP contribution in [0.5, 0.6) is 5.75 Å². The van der Waals surface area contributed by atoms with E-state index in [-0.39, 0.29) is 11.8 Å². The maximum absolute atomic E-state index is 13.6. The van der Waals surface area contributed by atoms with E-state index in [1.807, 2.05) is 19.9 Å². The second kappa shape index (κ2) is 7.26. The summed E-state index contributed by atoms with van der Waals surface area (Å²) in [7, 11) is 0. The van der Waals surface area contributed by atoms with E-state index in [0.29, 0.717) is 44.6 Å². The Balaban J connectivity index is 1.85. The van der Waals surface area contributed by atoms with Crippen molar-refractivity contribution in [2.24, 2.45) is 0 Å². The largest absolute Gasteiger partial charge is 0.492 e. The summed E-state index contributed by atoms with van der Waals surface area (Å²) >= 11 is 0. The minimum atomic E-state index is -0.313. The van der Waals surface area contributed by atoms with Crippen molar-refractivity contribution in [2.45, 2.75) is 26.4 Å². The Morgan fingerprint density at radius 2 is 2.24 bits per heavy atom. The SMILES string of the molecule is CC(C)NCc1cc(F)cc(OCCN2CCNC2=O)c1. The van der Waals surface area contributed by atoms with Crippen LogP contribution in [-0.2, 0) is 6.54 Å². The highest BCUT2D eigenvalue weighted by Crippen LogP contribution is 2.16. The predicted octanol–water partition coefficient (Wildman–Crippen LogP) is 1.73. The van der Waals surface area contributed by atoms with Crippen LogP contribution in [0, 0.1) is 5.82 Å². The molecule has 6 heteroatoms. The van der Waals surface area contributed by atoms with Gasteiger partial charge in [-0.05, 0) is 17.7 Å². The first-order valence-corrected chi connectivity index (χ1v) is 7.23. The normalized spacial score (nSPS) is 14.7. The van der Waals surface area contributed by atoms with Gasteiger partial charge in [0.2, 0.25) is 0 Å². The molecule has 1 aliphatic heterocycles. The number of hydrogen-bond acceptors (Lipinski definition) is 3. The molecule has 116 valence electrons. The molecule has 1 aliphatic rings. The van der Waals surface area contributed by atoms with E-state index in [2.05, 4.69) is 10.6 Å². The fourth-order valence-corrected chi connectivity index (χ4v) is 2.13. The van der Waals surface area contributed by atoms with Crippen molar-refractivity contribution >= 4 is 6.03 Å². The lowest BCUT2D eigenvalue weighted by Gasteiger charge is -2.15. The molecule has 0 atom stereocenters. The number of benzene rings is 1. The van der Waals surface area contributed by atoms with Gasteiger partial charge in [0.05, 0.1) is 6.54 Å². The number of carbonyl (C=O) groups is 1. The van der Waals surface area contributed by atoms with Gasteiger partial charge in [0.1, 0.15) is 18.2 Å². The second-order valence-electron chi connectivity index (χ2n) is 5.40. The van der Waals surface area contributed by atoms with Gasteiger partial charge < -0.3 is 20.3 Å². The van der Waals surface area contributed by atoms with Crippen LogP contribution in [0.3, 0.4) is 0 Å². The van der Waals surface area contributed by atoms with Crippen LogP contribution >= 0.6 is 0 Å². The number of hydrogen-bond donors (Lipinski definition) is 2. The van der Waals surface area contributed by atoms with Gasteiger partial charge in [-0.3, -0.25) is 0 Å². The van der Waals surface area contributed by atoms with Gasteiger partial charge in [0, 0.05) is 31.7 Å². The van der Waals surface area contributed by atoms with E-state index in [9.17, 15) is 9.18 Å². The van der Waals surface area contributed by atoms with Gasteiger partial charge in [-0.1, -0.05) is 13.8 Å². The molecule has 0 aliphatic carbocycles. The number of amides is 2. The molecule has 1 aromatic rings. The summed E-state index contributed by atoms with van der Waals surface area (Å²) in [6, 6.07) is 4.95. The van der Waals surface area contributed by atoms with Crippen molar-refractivity contribution in [1.29, 1.82) is 0 Å². The van der Waals surface area contributed by atoms with Crippen LogP contribution in [-0.4, -0.2) is 43.2 Å². The first-order valence-electron chi connectivity index (χ1n) is 7.23. The number of ether oxygens (including phenoxy) is 1. The molecule has 1 aromatic carbocycles. The Morgan fingerprint density at radius 3 is 2.90 bits per heavy atom.